The number of halogens is 2. The number of rotatable bonds is 4. The number of hydrogen-bond donors (Lipinski definition) is 2. The van der Waals surface area contributed by atoms with E-state index in [9.17, 15) is 4.79 Å². The molecule has 2 rings (SSSR count). The Hall–Kier alpha value is -1.52. The van der Waals surface area contributed by atoms with E-state index in [4.69, 9.17) is 11.6 Å². The zero-order valence-electron chi connectivity index (χ0n) is 10.9. The second kappa shape index (κ2) is 6.77. The van der Waals surface area contributed by atoms with Crippen molar-refractivity contribution in [2.24, 2.45) is 0 Å². The summed E-state index contributed by atoms with van der Waals surface area (Å²) in [6, 6.07) is 12.7. The zero-order chi connectivity index (χ0) is 14.5. The predicted molar refractivity (Wildman–Crippen MR) is 87.7 cm³/mol. The van der Waals surface area contributed by atoms with Gasteiger partial charge in [-0.15, -0.1) is 0 Å². The lowest BCUT2D eigenvalue weighted by atomic mass is 10.1. The minimum absolute atomic E-state index is 0.157. The Balaban J connectivity index is 2.21. The summed E-state index contributed by atoms with van der Waals surface area (Å²) in [5.74, 6) is -0.157. The third-order valence-electron chi connectivity index (χ3n) is 2.72. The van der Waals surface area contributed by atoms with Gasteiger partial charge in [-0.1, -0.05) is 23.7 Å². The van der Waals surface area contributed by atoms with Gasteiger partial charge in [-0.25, -0.2) is 0 Å². The summed E-state index contributed by atoms with van der Waals surface area (Å²) >= 11 is 9.27. The number of benzene rings is 2. The summed E-state index contributed by atoms with van der Waals surface area (Å²) in [6.45, 7) is 2.75. The molecule has 2 aromatic carbocycles. The molecule has 0 atom stereocenters. The van der Waals surface area contributed by atoms with E-state index >= 15 is 0 Å². The van der Waals surface area contributed by atoms with Crippen molar-refractivity contribution < 1.29 is 4.79 Å². The fourth-order valence-electron chi connectivity index (χ4n) is 1.80. The molecular formula is C15H14BrClN2O. The van der Waals surface area contributed by atoms with Gasteiger partial charge < -0.3 is 10.6 Å². The fraction of sp³-hybridized carbons (Fsp3) is 0.133. The van der Waals surface area contributed by atoms with Crippen LogP contribution in [0.2, 0.25) is 5.02 Å². The summed E-state index contributed by atoms with van der Waals surface area (Å²) < 4.78 is 0.747. The Morgan fingerprint density at radius 1 is 1.25 bits per heavy atom. The number of para-hydroxylation sites is 1. The van der Waals surface area contributed by atoms with Crippen molar-refractivity contribution in [3.63, 3.8) is 0 Å². The maximum Gasteiger partial charge on any atom is 0.257 e. The molecule has 5 heteroatoms. The summed E-state index contributed by atoms with van der Waals surface area (Å²) in [5, 5.41) is 6.64. The van der Waals surface area contributed by atoms with Crippen molar-refractivity contribution in [3.05, 3.63) is 57.5 Å². The van der Waals surface area contributed by atoms with Gasteiger partial charge in [0.05, 0.1) is 10.6 Å². The highest BCUT2D eigenvalue weighted by Gasteiger charge is 2.11. The van der Waals surface area contributed by atoms with Crippen LogP contribution in [0.4, 0.5) is 11.4 Å². The maximum atomic E-state index is 12.3. The normalized spacial score (nSPS) is 10.2. The lowest BCUT2D eigenvalue weighted by molar-refractivity contribution is 0.102. The van der Waals surface area contributed by atoms with Crippen molar-refractivity contribution >= 4 is 44.8 Å². The molecular weight excluding hydrogens is 340 g/mol. The number of amides is 1. The van der Waals surface area contributed by atoms with Crippen molar-refractivity contribution in [1.82, 2.24) is 0 Å². The van der Waals surface area contributed by atoms with Crippen LogP contribution >= 0.6 is 27.5 Å². The van der Waals surface area contributed by atoms with Crippen LogP contribution in [0.15, 0.2) is 46.9 Å². The maximum absolute atomic E-state index is 12.3. The molecule has 0 saturated heterocycles. The average molecular weight is 354 g/mol. The number of nitrogens with one attached hydrogen (secondary N) is 2. The van der Waals surface area contributed by atoms with Crippen molar-refractivity contribution in [2.75, 3.05) is 17.2 Å². The average Bonchev–Trinajstić information content (AvgIpc) is 2.44. The molecule has 0 bridgehead atoms. The topological polar surface area (TPSA) is 41.1 Å². The highest BCUT2D eigenvalue weighted by Crippen LogP contribution is 2.26. The third kappa shape index (κ3) is 3.52. The van der Waals surface area contributed by atoms with E-state index in [0.29, 0.717) is 16.3 Å². The second-order valence-electron chi connectivity index (χ2n) is 4.16. The van der Waals surface area contributed by atoms with Crippen LogP contribution in [-0.4, -0.2) is 12.5 Å². The van der Waals surface area contributed by atoms with E-state index in [2.05, 4.69) is 26.6 Å². The molecule has 2 N–H and O–H groups in total. The highest BCUT2D eigenvalue weighted by molar-refractivity contribution is 9.10. The van der Waals surface area contributed by atoms with Crippen molar-refractivity contribution in [2.45, 2.75) is 6.92 Å². The van der Waals surface area contributed by atoms with Gasteiger partial charge in [-0.05, 0) is 53.2 Å². The van der Waals surface area contributed by atoms with Gasteiger partial charge in [0, 0.05) is 22.4 Å². The molecule has 104 valence electrons. The molecule has 0 unspecified atom stereocenters. The van der Waals surface area contributed by atoms with Gasteiger partial charge in [0.1, 0.15) is 0 Å². The van der Waals surface area contributed by atoms with Gasteiger partial charge in [-0.2, -0.15) is 0 Å². The Labute approximate surface area is 131 Å². The van der Waals surface area contributed by atoms with E-state index in [0.717, 1.165) is 16.7 Å². The van der Waals surface area contributed by atoms with Crippen LogP contribution in [0.1, 0.15) is 17.3 Å². The van der Waals surface area contributed by atoms with Gasteiger partial charge in [0.15, 0.2) is 0 Å². The molecule has 0 aliphatic rings. The van der Waals surface area contributed by atoms with Crippen LogP contribution in [-0.2, 0) is 0 Å². The van der Waals surface area contributed by atoms with Crippen molar-refractivity contribution in [1.29, 1.82) is 0 Å². The number of carbonyl (C=O) groups excluding carboxylic acids is 1. The van der Waals surface area contributed by atoms with Crippen molar-refractivity contribution in [3.8, 4) is 0 Å². The molecule has 0 fully saturated rings. The number of carbonyl (C=O) groups is 1. The van der Waals surface area contributed by atoms with E-state index in [1.807, 2.05) is 25.1 Å². The van der Waals surface area contributed by atoms with Crippen LogP contribution in [0.25, 0.3) is 0 Å². The smallest absolute Gasteiger partial charge is 0.257 e. The Bertz CT molecular complexity index is 631. The van der Waals surface area contributed by atoms with E-state index in [-0.39, 0.29) is 5.91 Å². The minimum atomic E-state index is -0.157. The van der Waals surface area contributed by atoms with E-state index < -0.39 is 0 Å². The zero-order valence-corrected chi connectivity index (χ0v) is 13.3. The second-order valence-corrected chi connectivity index (χ2v) is 5.42. The molecule has 0 spiro atoms. The monoisotopic (exact) mass is 352 g/mol. The van der Waals surface area contributed by atoms with E-state index in [1.165, 1.54) is 0 Å². The Kier molecular flexibility index (Phi) is 5.04. The SMILES string of the molecule is CCNc1ccccc1C(=O)Nc1ccc(Cl)c(Br)c1. The summed E-state index contributed by atoms with van der Waals surface area (Å²) in [6.07, 6.45) is 0. The van der Waals surface area contributed by atoms with Gasteiger partial charge >= 0.3 is 0 Å². The predicted octanol–water partition coefficient (Wildman–Crippen LogP) is 4.79. The molecule has 2 aromatic rings. The van der Waals surface area contributed by atoms with E-state index in [1.54, 1.807) is 24.3 Å². The van der Waals surface area contributed by atoms with Crippen LogP contribution in [0.3, 0.4) is 0 Å². The number of anilines is 2. The van der Waals surface area contributed by atoms with Crippen LogP contribution in [0.5, 0.6) is 0 Å². The lowest BCUT2D eigenvalue weighted by Crippen LogP contribution is -2.14. The first-order chi connectivity index (χ1) is 9.61. The molecule has 0 aromatic heterocycles. The quantitative estimate of drug-likeness (QED) is 0.830. The molecule has 0 saturated carbocycles. The third-order valence-corrected chi connectivity index (χ3v) is 3.93. The largest absolute Gasteiger partial charge is 0.385 e. The minimum Gasteiger partial charge on any atom is -0.385 e. The van der Waals surface area contributed by atoms with Gasteiger partial charge in [0.25, 0.3) is 5.91 Å². The molecule has 1 amide bonds. The Morgan fingerprint density at radius 2 is 2.00 bits per heavy atom. The molecule has 0 aliphatic heterocycles. The molecule has 0 heterocycles. The lowest BCUT2D eigenvalue weighted by Gasteiger charge is -2.11. The fourth-order valence-corrected chi connectivity index (χ4v) is 2.29. The van der Waals surface area contributed by atoms with Crippen LogP contribution in [0, 0.1) is 0 Å². The number of hydrogen-bond acceptors (Lipinski definition) is 2. The molecule has 3 nitrogen and oxygen atoms in total. The standard InChI is InChI=1S/C15H14BrClN2O/c1-2-18-14-6-4-3-5-11(14)15(20)19-10-7-8-13(17)12(16)9-10/h3-9,18H,2H2,1H3,(H,19,20). The first-order valence-electron chi connectivity index (χ1n) is 6.21. The summed E-state index contributed by atoms with van der Waals surface area (Å²) in [7, 11) is 0. The van der Waals surface area contributed by atoms with Gasteiger partial charge in [-0.3, -0.25) is 4.79 Å². The first-order valence-corrected chi connectivity index (χ1v) is 7.38. The molecule has 0 radical (unpaired) electrons. The highest BCUT2D eigenvalue weighted by atomic mass is 79.9. The van der Waals surface area contributed by atoms with Crippen LogP contribution < -0.4 is 10.6 Å². The Morgan fingerprint density at radius 3 is 2.70 bits per heavy atom. The molecule has 0 aliphatic carbocycles. The first kappa shape index (κ1) is 14.9. The van der Waals surface area contributed by atoms with Gasteiger partial charge in [0.2, 0.25) is 0 Å². The summed E-state index contributed by atoms with van der Waals surface area (Å²) in [5.41, 5.74) is 2.12. The summed E-state index contributed by atoms with van der Waals surface area (Å²) in [4.78, 5) is 12.3. The molecule has 20 heavy (non-hydrogen) atoms.